The molecule has 0 aromatic carbocycles. The number of hydrogen-bond donors (Lipinski definition) is 1. The first-order valence-electron chi connectivity index (χ1n) is 6.86. The number of ether oxygens (including phenoxy) is 2. The van der Waals surface area contributed by atoms with Gasteiger partial charge in [-0.05, 0) is 25.7 Å². The first-order chi connectivity index (χ1) is 10.5. The van der Waals surface area contributed by atoms with Gasteiger partial charge in [0.2, 0.25) is 0 Å². The van der Waals surface area contributed by atoms with Crippen molar-refractivity contribution in [2.45, 2.75) is 56.3 Å². The highest BCUT2D eigenvalue weighted by molar-refractivity contribution is 7.96. The van der Waals surface area contributed by atoms with E-state index in [0.29, 0.717) is 12.8 Å². The predicted molar refractivity (Wildman–Crippen MR) is 70.5 cm³/mol. The predicted octanol–water partition coefficient (Wildman–Crippen LogP) is 2.85. The monoisotopic (exact) mass is 344 g/mol. The van der Waals surface area contributed by atoms with Gasteiger partial charge in [-0.25, -0.2) is 14.8 Å². The number of hydrogen-bond acceptors (Lipinski definition) is 8. The zero-order chi connectivity index (χ0) is 16.4. The molecule has 1 saturated carbocycles. The molecule has 7 nitrogen and oxygen atoms in total. The third-order valence-corrected chi connectivity index (χ3v) is 3.58. The number of alkyl halides is 2. The molecule has 0 aliphatic heterocycles. The molecule has 10 heteroatoms. The second-order valence-electron chi connectivity index (χ2n) is 4.78. The van der Waals surface area contributed by atoms with E-state index in [4.69, 9.17) is 9.99 Å². The third kappa shape index (κ3) is 7.34. The average Bonchev–Trinajstić information content (AvgIpc) is 2.45. The Kier molecular flexibility index (Phi) is 8.61. The Morgan fingerprint density at radius 3 is 2.32 bits per heavy atom. The lowest BCUT2D eigenvalue weighted by Gasteiger charge is -2.20. The topological polar surface area (TPSA) is 91.3 Å². The molecule has 0 atom stereocenters. The highest BCUT2D eigenvalue weighted by Gasteiger charge is 2.44. The van der Waals surface area contributed by atoms with Gasteiger partial charge in [-0.3, -0.25) is 0 Å². The van der Waals surface area contributed by atoms with Crippen molar-refractivity contribution in [2.24, 2.45) is 0 Å². The van der Waals surface area contributed by atoms with Gasteiger partial charge in [-0.15, -0.1) is 4.33 Å². The summed E-state index contributed by atoms with van der Waals surface area (Å²) in [5, 5.41) is 6.59. The summed E-state index contributed by atoms with van der Waals surface area (Å²) in [7, 11) is 0. The van der Waals surface area contributed by atoms with Crippen molar-refractivity contribution in [1.82, 2.24) is 0 Å². The van der Waals surface area contributed by atoms with Crippen LogP contribution in [0.2, 0.25) is 0 Å². The summed E-state index contributed by atoms with van der Waals surface area (Å²) in [5.74, 6) is -2.87. The van der Waals surface area contributed by atoms with Crippen molar-refractivity contribution in [3.8, 4) is 0 Å². The number of rotatable bonds is 7. The summed E-state index contributed by atoms with van der Waals surface area (Å²) in [5.41, 5.74) is 0. The van der Waals surface area contributed by atoms with E-state index >= 15 is 0 Å². The molecule has 22 heavy (non-hydrogen) atoms. The minimum Gasteiger partial charge on any atom is -0.460 e. The van der Waals surface area contributed by atoms with Crippen molar-refractivity contribution in [3.63, 3.8) is 0 Å². The fourth-order valence-electron chi connectivity index (χ4n) is 2.06. The fraction of sp³-hybridized carbons (Fsp3) is 0.833. The van der Waals surface area contributed by atoms with Gasteiger partial charge in [0.15, 0.2) is 6.61 Å². The Hall–Kier alpha value is -0.970. The van der Waals surface area contributed by atoms with E-state index in [1.807, 2.05) is 0 Å². The van der Waals surface area contributed by atoms with Crippen molar-refractivity contribution in [1.29, 1.82) is 0 Å². The molecule has 0 bridgehead atoms. The molecule has 0 amide bonds. The zero-order valence-corrected chi connectivity index (χ0v) is 12.6. The van der Waals surface area contributed by atoms with Gasteiger partial charge >= 0.3 is 17.2 Å². The Labute approximate surface area is 130 Å². The first-order valence-corrected chi connectivity index (χ1v) is 7.60. The maximum Gasteiger partial charge on any atom is 0.415 e. The number of carbonyl (C=O) groups excluding carboxylic acids is 2. The van der Waals surface area contributed by atoms with Crippen LogP contribution in [0.4, 0.5) is 8.78 Å². The molecule has 1 aliphatic carbocycles. The van der Waals surface area contributed by atoms with Crippen LogP contribution in [0.25, 0.3) is 0 Å². The van der Waals surface area contributed by atoms with E-state index in [9.17, 15) is 18.4 Å². The Balaban J connectivity index is 2.30. The normalized spacial score (nSPS) is 17.4. The third-order valence-electron chi connectivity index (χ3n) is 3.08. The van der Waals surface area contributed by atoms with Crippen molar-refractivity contribution in [2.75, 3.05) is 6.61 Å². The van der Waals surface area contributed by atoms with Crippen molar-refractivity contribution in [3.05, 3.63) is 0 Å². The molecule has 0 unspecified atom stereocenters. The van der Waals surface area contributed by atoms with Gasteiger partial charge in [-0.2, -0.15) is 8.78 Å². The quantitative estimate of drug-likeness (QED) is 0.326. The molecule has 0 aromatic heterocycles. The van der Waals surface area contributed by atoms with Crippen LogP contribution in [0.3, 0.4) is 0 Å². The van der Waals surface area contributed by atoms with E-state index in [1.165, 1.54) is 0 Å². The fourth-order valence-corrected chi connectivity index (χ4v) is 2.30. The average molecular weight is 344 g/mol. The van der Waals surface area contributed by atoms with Crippen LogP contribution in [0.5, 0.6) is 0 Å². The molecular weight excluding hydrogens is 326 g/mol. The number of esters is 2. The smallest absolute Gasteiger partial charge is 0.415 e. The Morgan fingerprint density at radius 1 is 1.14 bits per heavy atom. The molecule has 0 heterocycles. The summed E-state index contributed by atoms with van der Waals surface area (Å²) in [6.45, 7) is -0.911. The maximum atomic E-state index is 13.0. The Morgan fingerprint density at radius 2 is 1.73 bits per heavy atom. The molecule has 1 aliphatic rings. The SMILES string of the molecule is O=C(COC(=O)C(F)(F)SOOO)OC1CCCCCCC1. The summed E-state index contributed by atoms with van der Waals surface area (Å²) >= 11 is -0.753. The van der Waals surface area contributed by atoms with E-state index in [1.54, 1.807) is 0 Å². The van der Waals surface area contributed by atoms with Gasteiger partial charge in [0.25, 0.3) is 0 Å². The van der Waals surface area contributed by atoms with Crippen LogP contribution >= 0.6 is 12.0 Å². The molecule has 0 radical (unpaired) electrons. The summed E-state index contributed by atoms with van der Waals surface area (Å²) < 4.78 is 38.8. The van der Waals surface area contributed by atoms with Crippen LogP contribution in [-0.4, -0.2) is 35.2 Å². The highest BCUT2D eigenvalue weighted by atomic mass is 32.2. The van der Waals surface area contributed by atoms with Crippen LogP contribution in [0.15, 0.2) is 0 Å². The van der Waals surface area contributed by atoms with E-state index in [0.717, 1.165) is 32.1 Å². The summed E-state index contributed by atoms with van der Waals surface area (Å²) in [4.78, 5) is 22.6. The Bertz CT molecular complexity index is 359. The lowest BCUT2D eigenvalue weighted by Crippen LogP contribution is -2.31. The highest BCUT2D eigenvalue weighted by Crippen LogP contribution is 2.31. The molecule has 0 saturated heterocycles. The van der Waals surface area contributed by atoms with Gasteiger partial charge in [-0.1, -0.05) is 24.3 Å². The van der Waals surface area contributed by atoms with Crippen molar-refractivity contribution >= 4 is 24.0 Å². The minimum absolute atomic E-state index is 0.271. The largest absolute Gasteiger partial charge is 0.460 e. The van der Waals surface area contributed by atoms with Gasteiger partial charge in [0.05, 0.1) is 0 Å². The second-order valence-corrected chi connectivity index (χ2v) is 5.59. The molecule has 1 N–H and O–H groups in total. The lowest BCUT2D eigenvalue weighted by atomic mass is 9.99. The number of halogens is 2. The van der Waals surface area contributed by atoms with E-state index in [-0.39, 0.29) is 6.10 Å². The second kappa shape index (κ2) is 9.93. The molecule has 0 aromatic rings. The van der Waals surface area contributed by atoms with Crippen LogP contribution < -0.4 is 0 Å². The number of carbonyl (C=O) groups is 2. The van der Waals surface area contributed by atoms with Crippen LogP contribution in [0, 0.1) is 0 Å². The van der Waals surface area contributed by atoms with Gasteiger partial charge in [0.1, 0.15) is 18.1 Å². The lowest BCUT2D eigenvalue weighted by molar-refractivity contribution is -0.433. The van der Waals surface area contributed by atoms with Gasteiger partial charge in [0, 0.05) is 0 Å². The zero-order valence-electron chi connectivity index (χ0n) is 11.8. The molecular formula is C12H18F2O7S. The van der Waals surface area contributed by atoms with Crippen molar-refractivity contribution < 1.29 is 42.5 Å². The molecule has 0 spiro atoms. The molecule has 128 valence electrons. The standard InChI is InChI=1S/C12H18F2O7S/c13-12(14,22-21-20-17)11(16)18-8-10(15)19-9-6-4-2-1-3-5-7-9/h9,17H,1-8H2. The van der Waals surface area contributed by atoms with Crippen LogP contribution in [-0.2, 0) is 28.4 Å². The minimum atomic E-state index is -4.12. The van der Waals surface area contributed by atoms with E-state index < -0.39 is 35.8 Å². The summed E-state index contributed by atoms with van der Waals surface area (Å²) in [6.07, 6.45) is 6.33. The maximum absolute atomic E-state index is 13.0. The molecule has 1 rings (SSSR count). The first kappa shape index (κ1) is 19.1. The van der Waals surface area contributed by atoms with Gasteiger partial charge < -0.3 is 9.47 Å². The summed E-state index contributed by atoms with van der Waals surface area (Å²) in [6, 6.07) is 0. The van der Waals surface area contributed by atoms with Crippen LogP contribution in [0.1, 0.15) is 44.9 Å². The van der Waals surface area contributed by atoms with E-state index in [2.05, 4.69) is 14.1 Å². The molecule has 1 fully saturated rings.